The van der Waals surface area contributed by atoms with Crippen molar-refractivity contribution in [3.05, 3.63) is 67.6 Å². The molecule has 1 fully saturated rings. The van der Waals surface area contributed by atoms with Crippen LogP contribution < -0.4 is 20.8 Å². The first kappa shape index (κ1) is 22.7. The number of pyridine rings is 1. The monoisotopic (exact) mass is 512 g/mol. The molecule has 6 rings (SSSR count). The van der Waals surface area contributed by atoms with Crippen molar-refractivity contribution in [2.45, 2.75) is 31.8 Å². The summed E-state index contributed by atoms with van der Waals surface area (Å²) >= 11 is 6.06. The van der Waals surface area contributed by atoms with E-state index >= 15 is 4.39 Å². The summed E-state index contributed by atoms with van der Waals surface area (Å²) in [5.41, 5.74) is 0.727. The van der Waals surface area contributed by atoms with E-state index in [0.29, 0.717) is 42.0 Å². The van der Waals surface area contributed by atoms with Gasteiger partial charge in [-0.25, -0.2) is 14.0 Å². The van der Waals surface area contributed by atoms with Crippen LogP contribution in [0.25, 0.3) is 21.9 Å². The summed E-state index contributed by atoms with van der Waals surface area (Å²) in [7, 11) is 0. The number of ether oxygens (including phenoxy) is 1. The molecule has 9 nitrogen and oxygen atoms in total. The van der Waals surface area contributed by atoms with E-state index in [2.05, 4.69) is 4.98 Å². The predicted molar refractivity (Wildman–Crippen MR) is 133 cm³/mol. The van der Waals surface area contributed by atoms with Gasteiger partial charge in [-0.1, -0.05) is 11.6 Å². The molecule has 0 spiro atoms. The molecule has 2 aliphatic heterocycles. The van der Waals surface area contributed by atoms with Gasteiger partial charge in [0.25, 0.3) is 0 Å². The molecule has 0 unspecified atom stereocenters. The van der Waals surface area contributed by atoms with Crippen LogP contribution in [-0.2, 0) is 0 Å². The lowest BCUT2D eigenvalue weighted by Gasteiger charge is -2.37. The minimum absolute atomic E-state index is 0.0170. The second-order valence-corrected chi connectivity index (χ2v) is 9.79. The molecule has 186 valence electrons. The third kappa shape index (κ3) is 3.31. The SMILES string of the molecule is C[C@H]1COc2c(N3CCC(n4c(=O)[nH]c5cc(Cl)ccc54)CC3)c(F)cc3c(=O)c(C(=O)O)cn1c23. The first-order valence-corrected chi connectivity index (χ1v) is 12.0. The molecule has 4 aromatic rings. The van der Waals surface area contributed by atoms with Crippen LogP contribution in [0.5, 0.6) is 5.75 Å². The maximum absolute atomic E-state index is 15.5. The number of imidazole rings is 1. The summed E-state index contributed by atoms with van der Waals surface area (Å²) in [4.78, 5) is 41.8. The van der Waals surface area contributed by atoms with E-state index in [4.69, 9.17) is 16.3 Å². The van der Waals surface area contributed by atoms with Crippen LogP contribution in [0.1, 0.15) is 42.2 Å². The standard InChI is InChI=1S/C25H22ClFN4O5/c1-12-11-36-23-20-15(22(32)16(24(33)34)10-30(12)20)9-17(27)21(23)29-6-4-14(5-7-29)31-19-3-2-13(26)8-18(19)28-25(31)35/h2-3,8-10,12,14H,4-7,11H2,1H3,(H,28,35)(H,33,34)/t12-/m0/s1. The number of halogens is 2. The van der Waals surface area contributed by atoms with Gasteiger partial charge < -0.3 is 24.3 Å². The molecule has 36 heavy (non-hydrogen) atoms. The number of hydrogen-bond donors (Lipinski definition) is 2. The number of H-pyrrole nitrogens is 1. The van der Waals surface area contributed by atoms with E-state index in [1.54, 1.807) is 21.3 Å². The fraction of sp³-hybridized carbons (Fsp3) is 0.320. The fourth-order valence-electron chi connectivity index (χ4n) is 5.47. The number of hydrogen-bond acceptors (Lipinski definition) is 5. The Balaban J connectivity index is 1.39. The highest BCUT2D eigenvalue weighted by Crippen LogP contribution is 2.43. The number of anilines is 1. The summed E-state index contributed by atoms with van der Waals surface area (Å²) in [5, 5.41) is 9.99. The number of carboxylic acids is 1. The Hall–Kier alpha value is -3.79. The number of carbonyl (C=O) groups is 1. The van der Waals surface area contributed by atoms with E-state index in [1.807, 2.05) is 17.9 Å². The van der Waals surface area contributed by atoms with Gasteiger partial charge >= 0.3 is 11.7 Å². The van der Waals surface area contributed by atoms with Crippen LogP contribution in [-0.4, -0.2) is 44.9 Å². The molecule has 0 radical (unpaired) electrons. The quantitative estimate of drug-likeness (QED) is 0.430. The van der Waals surface area contributed by atoms with Crippen LogP contribution in [0.15, 0.2) is 40.1 Å². The normalized spacial score (nSPS) is 18.1. The molecule has 0 bridgehead atoms. The Bertz CT molecular complexity index is 1680. The number of piperidine rings is 1. The lowest BCUT2D eigenvalue weighted by atomic mass is 10.0. The maximum atomic E-state index is 15.5. The smallest absolute Gasteiger partial charge is 0.341 e. The first-order valence-electron chi connectivity index (χ1n) is 11.7. The van der Waals surface area contributed by atoms with Gasteiger partial charge in [0.2, 0.25) is 5.43 Å². The number of aromatic amines is 1. The minimum atomic E-state index is -1.35. The molecule has 0 amide bonds. The third-order valence-corrected chi connectivity index (χ3v) is 7.43. The molecule has 4 heterocycles. The fourth-order valence-corrected chi connectivity index (χ4v) is 5.64. The van der Waals surface area contributed by atoms with Gasteiger partial charge in [-0.3, -0.25) is 9.36 Å². The van der Waals surface area contributed by atoms with Gasteiger partial charge in [0, 0.05) is 30.4 Å². The van der Waals surface area contributed by atoms with Crippen molar-refractivity contribution in [1.82, 2.24) is 14.1 Å². The predicted octanol–water partition coefficient (Wildman–Crippen LogP) is 3.93. The van der Waals surface area contributed by atoms with Gasteiger partial charge in [-0.05, 0) is 44.0 Å². The van der Waals surface area contributed by atoms with Crippen LogP contribution >= 0.6 is 11.6 Å². The van der Waals surface area contributed by atoms with Gasteiger partial charge in [0.15, 0.2) is 11.6 Å². The lowest BCUT2D eigenvalue weighted by molar-refractivity contribution is 0.0694. The van der Waals surface area contributed by atoms with Crippen LogP contribution in [0.2, 0.25) is 5.02 Å². The second-order valence-electron chi connectivity index (χ2n) is 9.36. The van der Waals surface area contributed by atoms with Crippen molar-refractivity contribution in [3.63, 3.8) is 0 Å². The Morgan fingerprint density at radius 3 is 2.69 bits per heavy atom. The summed E-state index contributed by atoms with van der Waals surface area (Å²) in [5.74, 6) is -1.75. The Kier molecular flexibility index (Phi) is 5.11. The van der Waals surface area contributed by atoms with Crippen molar-refractivity contribution in [1.29, 1.82) is 0 Å². The maximum Gasteiger partial charge on any atom is 0.341 e. The number of rotatable bonds is 3. The number of aromatic carboxylic acids is 1. The molecule has 2 aromatic heterocycles. The van der Waals surface area contributed by atoms with E-state index in [9.17, 15) is 19.5 Å². The summed E-state index contributed by atoms with van der Waals surface area (Å²) in [6, 6.07) is 6.07. The Morgan fingerprint density at radius 1 is 1.22 bits per heavy atom. The summed E-state index contributed by atoms with van der Waals surface area (Å²) in [6.45, 7) is 2.98. The van der Waals surface area contributed by atoms with Crippen LogP contribution in [0.3, 0.4) is 0 Å². The molecular formula is C25H22ClFN4O5. The Labute approximate surface area is 208 Å². The van der Waals surface area contributed by atoms with Crippen molar-refractivity contribution < 1.29 is 19.0 Å². The number of carboxylic acid groups (broad SMARTS) is 1. The zero-order chi connectivity index (χ0) is 25.3. The van der Waals surface area contributed by atoms with E-state index in [1.165, 1.54) is 6.20 Å². The largest absolute Gasteiger partial charge is 0.487 e. The summed E-state index contributed by atoms with van der Waals surface area (Å²) in [6.07, 6.45) is 2.49. The average Bonchev–Trinajstić information content (AvgIpc) is 3.17. The van der Waals surface area contributed by atoms with E-state index in [-0.39, 0.29) is 41.2 Å². The molecule has 1 atom stereocenters. The number of nitrogens with zero attached hydrogens (tertiary/aromatic N) is 3. The van der Waals surface area contributed by atoms with Crippen molar-refractivity contribution >= 4 is 45.2 Å². The highest BCUT2D eigenvalue weighted by Gasteiger charge is 2.32. The van der Waals surface area contributed by atoms with Gasteiger partial charge in [-0.15, -0.1) is 0 Å². The molecule has 2 aromatic carbocycles. The average molecular weight is 513 g/mol. The van der Waals surface area contributed by atoms with Crippen molar-refractivity contribution in [3.8, 4) is 5.75 Å². The number of aromatic nitrogens is 3. The van der Waals surface area contributed by atoms with Crippen molar-refractivity contribution in [2.75, 3.05) is 24.6 Å². The zero-order valence-electron chi connectivity index (χ0n) is 19.3. The third-order valence-electron chi connectivity index (χ3n) is 7.20. The number of benzene rings is 2. The zero-order valence-corrected chi connectivity index (χ0v) is 20.0. The highest BCUT2D eigenvalue weighted by atomic mass is 35.5. The molecule has 2 aliphatic rings. The number of nitrogens with one attached hydrogen (secondary N) is 1. The minimum Gasteiger partial charge on any atom is -0.487 e. The van der Waals surface area contributed by atoms with Gasteiger partial charge in [0.05, 0.1) is 28.0 Å². The topological polar surface area (TPSA) is 110 Å². The molecule has 0 aliphatic carbocycles. The molecule has 1 saturated heterocycles. The van der Waals surface area contributed by atoms with Crippen molar-refractivity contribution in [2.24, 2.45) is 0 Å². The van der Waals surface area contributed by atoms with E-state index in [0.717, 1.165) is 11.6 Å². The summed E-state index contributed by atoms with van der Waals surface area (Å²) < 4.78 is 24.9. The van der Waals surface area contributed by atoms with Crippen LogP contribution in [0, 0.1) is 5.82 Å². The van der Waals surface area contributed by atoms with Gasteiger partial charge in [0.1, 0.15) is 17.9 Å². The van der Waals surface area contributed by atoms with Gasteiger partial charge in [-0.2, -0.15) is 0 Å². The molecular weight excluding hydrogens is 491 g/mol. The van der Waals surface area contributed by atoms with E-state index < -0.39 is 22.8 Å². The molecule has 2 N–H and O–H groups in total. The highest BCUT2D eigenvalue weighted by molar-refractivity contribution is 6.31. The number of fused-ring (bicyclic) bond motifs is 1. The second kappa shape index (κ2) is 8.12. The molecule has 11 heteroatoms. The first-order chi connectivity index (χ1) is 17.2. The molecule has 0 saturated carbocycles. The lowest BCUT2D eigenvalue weighted by Crippen LogP contribution is -2.38. The Morgan fingerprint density at radius 2 is 1.97 bits per heavy atom. The van der Waals surface area contributed by atoms with Crippen LogP contribution in [0.4, 0.5) is 10.1 Å².